The molecule has 0 saturated carbocycles. The fraction of sp³-hybridized carbons (Fsp3) is 0.308. The zero-order chi connectivity index (χ0) is 21.7. The molecule has 2 aromatic heterocycles. The summed E-state index contributed by atoms with van der Waals surface area (Å²) in [6.45, 7) is 5.27. The van der Waals surface area contributed by atoms with Crippen molar-refractivity contribution in [3.63, 3.8) is 0 Å². The van der Waals surface area contributed by atoms with Gasteiger partial charge in [0.15, 0.2) is 5.42 Å². The first kappa shape index (κ1) is 19.5. The summed E-state index contributed by atoms with van der Waals surface area (Å²) in [5.74, 6) is 0.320. The highest BCUT2D eigenvalue weighted by atomic mass is 16.5. The van der Waals surface area contributed by atoms with Crippen LogP contribution in [0.2, 0.25) is 0 Å². The minimum absolute atomic E-state index is 0.136. The first-order chi connectivity index (χ1) is 15.7. The van der Waals surface area contributed by atoms with Gasteiger partial charge in [-0.15, -0.1) is 0 Å². The van der Waals surface area contributed by atoms with Crippen molar-refractivity contribution in [2.24, 2.45) is 5.92 Å². The minimum Gasteiger partial charge on any atom is -0.377 e. The zero-order valence-electron chi connectivity index (χ0n) is 18.2. The van der Waals surface area contributed by atoms with Crippen molar-refractivity contribution < 1.29 is 4.52 Å². The minimum atomic E-state index is -0.307. The molecule has 0 radical (unpaired) electrons. The largest absolute Gasteiger partial charge is 0.377 e. The number of aromatic nitrogens is 2. The van der Waals surface area contributed by atoms with E-state index in [-0.39, 0.29) is 23.7 Å². The summed E-state index contributed by atoms with van der Waals surface area (Å²) >= 11 is 0. The molecule has 1 aliphatic heterocycles. The number of nitrogens with zero attached hydrogens (tertiary/aromatic N) is 2. The Bertz CT molecular complexity index is 1280. The summed E-state index contributed by atoms with van der Waals surface area (Å²) in [5.41, 5.74) is 5.29. The van der Waals surface area contributed by atoms with E-state index in [1.165, 1.54) is 11.1 Å². The third kappa shape index (κ3) is 2.87. The van der Waals surface area contributed by atoms with E-state index in [4.69, 9.17) is 4.52 Å². The molecule has 1 saturated heterocycles. The van der Waals surface area contributed by atoms with Crippen molar-refractivity contribution >= 4 is 17.3 Å². The van der Waals surface area contributed by atoms with Crippen LogP contribution in [0.25, 0.3) is 11.6 Å². The molecule has 3 N–H and O–H groups in total. The Balaban J connectivity index is 1.61. The van der Waals surface area contributed by atoms with Gasteiger partial charge in [-0.1, -0.05) is 47.6 Å². The van der Waals surface area contributed by atoms with Crippen molar-refractivity contribution in [3.8, 4) is 0 Å². The molecule has 1 aromatic carbocycles. The molecule has 5 atom stereocenters. The standard InChI is InChI=1S/C26H27N5O/c1-16-22-11-23(31-20-9-6-10-27-14-20)21-15-28-17(2)30-25(21)26(22,19-7-4-3-5-8-19)12-18-13-29-32-24(16)18/h3-14,17,21,23,25,28,30-31H,15H2,1-2H3/t17?,21?,23?,25?,26-/m0/s1. The third-order valence-corrected chi connectivity index (χ3v) is 7.23. The molecular formula is C26H27N5O. The molecule has 3 aliphatic rings. The van der Waals surface area contributed by atoms with Crippen LogP contribution in [0.15, 0.2) is 77.2 Å². The van der Waals surface area contributed by atoms with Gasteiger partial charge in [-0.2, -0.15) is 0 Å². The van der Waals surface area contributed by atoms with Crippen LogP contribution in [0, 0.1) is 5.92 Å². The SMILES string of the molecule is CC1=c2oncc2=C[C@]2(c3ccccc3)C1=CC(Nc1cccnc1)C1CNC(C)NC12. The zero-order valence-corrected chi connectivity index (χ0v) is 18.2. The van der Waals surface area contributed by atoms with E-state index in [2.05, 4.69) is 88.5 Å². The van der Waals surface area contributed by atoms with Crippen molar-refractivity contribution in [1.82, 2.24) is 20.8 Å². The molecule has 2 aliphatic carbocycles. The number of pyridine rings is 1. The lowest BCUT2D eigenvalue weighted by atomic mass is 9.57. The highest BCUT2D eigenvalue weighted by Gasteiger charge is 2.53. The Hall–Kier alpha value is -3.22. The number of hydrogen-bond donors (Lipinski definition) is 3. The highest BCUT2D eigenvalue weighted by Crippen LogP contribution is 2.49. The maximum Gasteiger partial charge on any atom is 0.169 e. The lowest BCUT2D eigenvalue weighted by Crippen LogP contribution is -2.69. The average molecular weight is 426 g/mol. The van der Waals surface area contributed by atoms with E-state index in [1.807, 2.05) is 18.5 Å². The molecule has 6 nitrogen and oxygen atoms in total. The van der Waals surface area contributed by atoms with Gasteiger partial charge >= 0.3 is 0 Å². The van der Waals surface area contributed by atoms with Gasteiger partial charge in [0.25, 0.3) is 0 Å². The van der Waals surface area contributed by atoms with Crippen molar-refractivity contribution in [3.05, 3.63) is 88.9 Å². The highest BCUT2D eigenvalue weighted by molar-refractivity contribution is 5.78. The molecular weight excluding hydrogens is 398 g/mol. The second-order valence-electron chi connectivity index (χ2n) is 9.04. The molecule has 1 fully saturated rings. The number of nitrogens with one attached hydrogen (secondary N) is 3. The topological polar surface area (TPSA) is 75.0 Å². The summed E-state index contributed by atoms with van der Waals surface area (Å²) in [6.07, 6.45) is 10.5. The fourth-order valence-electron chi connectivity index (χ4n) is 5.82. The summed E-state index contributed by atoms with van der Waals surface area (Å²) in [4.78, 5) is 4.30. The lowest BCUT2D eigenvalue weighted by Gasteiger charge is -2.54. The molecule has 4 unspecified atom stereocenters. The fourth-order valence-corrected chi connectivity index (χ4v) is 5.82. The van der Waals surface area contributed by atoms with E-state index in [1.54, 1.807) is 6.20 Å². The third-order valence-electron chi connectivity index (χ3n) is 7.23. The van der Waals surface area contributed by atoms with Crippen LogP contribution in [0.5, 0.6) is 0 Å². The van der Waals surface area contributed by atoms with Gasteiger partial charge in [-0.05, 0) is 42.7 Å². The van der Waals surface area contributed by atoms with E-state index in [0.29, 0.717) is 5.92 Å². The average Bonchev–Trinajstić information content (AvgIpc) is 3.30. The summed E-state index contributed by atoms with van der Waals surface area (Å²) in [7, 11) is 0. The van der Waals surface area contributed by atoms with Crippen LogP contribution >= 0.6 is 0 Å². The Kier molecular flexibility index (Phi) is 4.52. The predicted molar refractivity (Wildman–Crippen MR) is 125 cm³/mol. The Morgan fingerprint density at radius 3 is 2.81 bits per heavy atom. The van der Waals surface area contributed by atoms with E-state index < -0.39 is 0 Å². The van der Waals surface area contributed by atoms with Crippen LogP contribution in [-0.2, 0) is 5.41 Å². The van der Waals surface area contributed by atoms with E-state index in [0.717, 1.165) is 28.4 Å². The van der Waals surface area contributed by atoms with Crippen LogP contribution in [0.4, 0.5) is 5.69 Å². The monoisotopic (exact) mass is 425 g/mol. The molecule has 6 rings (SSSR count). The first-order valence-electron chi connectivity index (χ1n) is 11.3. The molecule has 32 heavy (non-hydrogen) atoms. The number of benzene rings is 1. The van der Waals surface area contributed by atoms with Gasteiger partial charge in [-0.3, -0.25) is 10.3 Å². The molecule has 3 aromatic rings. The molecule has 0 spiro atoms. The van der Waals surface area contributed by atoms with E-state index in [9.17, 15) is 0 Å². The number of hydrogen-bond acceptors (Lipinski definition) is 6. The van der Waals surface area contributed by atoms with Gasteiger partial charge in [0, 0.05) is 36.1 Å². The maximum atomic E-state index is 5.69. The van der Waals surface area contributed by atoms with Gasteiger partial charge in [0.1, 0.15) is 0 Å². The normalized spacial score (nSPS) is 30.9. The predicted octanol–water partition coefficient (Wildman–Crippen LogP) is 1.92. The van der Waals surface area contributed by atoms with Gasteiger partial charge < -0.3 is 15.2 Å². The summed E-state index contributed by atoms with van der Waals surface area (Å²) in [5, 5.41) is 16.5. The molecule has 0 bridgehead atoms. The molecule has 3 heterocycles. The Morgan fingerprint density at radius 2 is 2.00 bits per heavy atom. The number of fused-ring (bicyclic) bond motifs is 4. The van der Waals surface area contributed by atoms with Crippen molar-refractivity contribution in [1.29, 1.82) is 0 Å². The van der Waals surface area contributed by atoms with Crippen LogP contribution in [-0.4, -0.2) is 34.9 Å². The van der Waals surface area contributed by atoms with Gasteiger partial charge in [0.05, 0.1) is 29.5 Å². The Morgan fingerprint density at radius 1 is 1.12 bits per heavy atom. The quantitative estimate of drug-likeness (QED) is 0.595. The van der Waals surface area contributed by atoms with Crippen molar-refractivity contribution in [2.45, 2.75) is 37.5 Å². The molecule has 0 amide bonds. The van der Waals surface area contributed by atoms with Crippen LogP contribution in [0.3, 0.4) is 0 Å². The van der Waals surface area contributed by atoms with Crippen LogP contribution in [0.1, 0.15) is 19.4 Å². The first-order valence-corrected chi connectivity index (χ1v) is 11.3. The number of anilines is 1. The van der Waals surface area contributed by atoms with Crippen molar-refractivity contribution in [2.75, 3.05) is 11.9 Å². The maximum absolute atomic E-state index is 5.69. The van der Waals surface area contributed by atoms with Gasteiger partial charge in [-0.25, -0.2) is 0 Å². The van der Waals surface area contributed by atoms with Gasteiger partial charge in [0.2, 0.25) is 0 Å². The molecule has 162 valence electrons. The summed E-state index contributed by atoms with van der Waals surface area (Å²) < 4.78 is 5.69. The van der Waals surface area contributed by atoms with Crippen LogP contribution < -0.4 is 26.6 Å². The van der Waals surface area contributed by atoms with E-state index >= 15 is 0 Å². The number of rotatable bonds is 3. The Labute approximate surface area is 187 Å². The summed E-state index contributed by atoms with van der Waals surface area (Å²) in [6, 6.07) is 15.2. The smallest absolute Gasteiger partial charge is 0.169 e. The second-order valence-corrected chi connectivity index (χ2v) is 9.04. The lowest BCUT2D eigenvalue weighted by molar-refractivity contribution is 0.176. The second kappa shape index (κ2) is 7.43. The molecule has 6 heteroatoms.